The van der Waals surface area contributed by atoms with Crippen LogP contribution in [0.15, 0.2) is 24.3 Å². The van der Waals surface area contributed by atoms with Gasteiger partial charge in [-0.1, -0.05) is 0 Å². The second kappa shape index (κ2) is 5.38. The van der Waals surface area contributed by atoms with Gasteiger partial charge in [-0.3, -0.25) is 0 Å². The molecular weight excluding hydrogens is 250 g/mol. The molecule has 0 amide bonds. The van der Waals surface area contributed by atoms with Gasteiger partial charge in [-0.2, -0.15) is 5.26 Å². The number of piperidine rings is 1. The Kier molecular flexibility index (Phi) is 3.42. The van der Waals surface area contributed by atoms with E-state index in [0.29, 0.717) is 5.56 Å². The fraction of sp³-hybridized carbons (Fsp3) is 0.375. The first-order valence-corrected chi connectivity index (χ1v) is 6.95. The lowest BCUT2D eigenvalue weighted by atomic mass is 10.1. The molecule has 0 spiro atoms. The highest BCUT2D eigenvalue weighted by molar-refractivity contribution is 5.84. The number of nitriles is 1. The summed E-state index contributed by atoms with van der Waals surface area (Å²) in [5.41, 5.74) is 1.54. The molecule has 0 saturated carbocycles. The van der Waals surface area contributed by atoms with Gasteiger partial charge < -0.3 is 9.64 Å². The summed E-state index contributed by atoms with van der Waals surface area (Å²) in [4.78, 5) is 6.92. The highest BCUT2D eigenvalue weighted by Crippen LogP contribution is 2.27. The topological polar surface area (TPSA) is 49.1 Å². The van der Waals surface area contributed by atoms with Crippen LogP contribution in [0.3, 0.4) is 0 Å². The summed E-state index contributed by atoms with van der Waals surface area (Å²) in [6, 6.07) is 9.96. The number of methoxy groups -OCH3 is 1. The lowest BCUT2D eigenvalue weighted by molar-refractivity contribution is 0.415. The fourth-order valence-electron chi connectivity index (χ4n) is 2.69. The minimum Gasteiger partial charge on any atom is -0.497 e. The lowest BCUT2D eigenvalue weighted by Crippen LogP contribution is -2.30. The molecule has 4 nitrogen and oxygen atoms in total. The Hall–Kier alpha value is -2.28. The molecule has 0 radical (unpaired) electrons. The zero-order chi connectivity index (χ0) is 13.9. The van der Waals surface area contributed by atoms with Crippen molar-refractivity contribution in [2.75, 3.05) is 25.1 Å². The number of ether oxygens (including phenoxy) is 1. The second-order valence-electron chi connectivity index (χ2n) is 5.08. The van der Waals surface area contributed by atoms with Gasteiger partial charge in [0.25, 0.3) is 0 Å². The van der Waals surface area contributed by atoms with Crippen molar-refractivity contribution in [2.24, 2.45) is 0 Å². The van der Waals surface area contributed by atoms with Gasteiger partial charge in [0.2, 0.25) is 0 Å². The molecule has 102 valence electrons. The maximum absolute atomic E-state index is 9.37. The van der Waals surface area contributed by atoms with Crippen molar-refractivity contribution >= 4 is 16.7 Å². The van der Waals surface area contributed by atoms with E-state index < -0.39 is 0 Å². The number of fused-ring (bicyclic) bond motifs is 1. The summed E-state index contributed by atoms with van der Waals surface area (Å²) >= 11 is 0. The quantitative estimate of drug-likeness (QED) is 0.839. The van der Waals surface area contributed by atoms with Crippen molar-refractivity contribution in [1.29, 1.82) is 5.26 Å². The third-order valence-corrected chi connectivity index (χ3v) is 3.78. The smallest absolute Gasteiger partial charge is 0.147 e. The first kappa shape index (κ1) is 12.7. The van der Waals surface area contributed by atoms with Crippen molar-refractivity contribution in [2.45, 2.75) is 19.3 Å². The normalized spacial score (nSPS) is 15.1. The van der Waals surface area contributed by atoms with Crippen LogP contribution < -0.4 is 9.64 Å². The maximum Gasteiger partial charge on any atom is 0.147 e. The van der Waals surface area contributed by atoms with Crippen molar-refractivity contribution in [3.63, 3.8) is 0 Å². The molecule has 2 heterocycles. The molecule has 1 aliphatic rings. The highest BCUT2D eigenvalue weighted by atomic mass is 16.5. The Balaban J connectivity index is 2.11. The van der Waals surface area contributed by atoms with Crippen molar-refractivity contribution in [1.82, 2.24) is 4.98 Å². The molecule has 1 saturated heterocycles. The molecule has 0 unspecified atom stereocenters. The summed E-state index contributed by atoms with van der Waals surface area (Å²) < 4.78 is 5.25. The zero-order valence-electron chi connectivity index (χ0n) is 11.6. The van der Waals surface area contributed by atoms with E-state index in [-0.39, 0.29) is 0 Å². The minimum absolute atomic E-state index is 0.657. The number of aromatic nitrogens is 1. The average molecular weight is 267 g/mol. The van der Waals surface area contributed by atoms with E-state index >= 15 is 0 Å². The third-order valence-electron chi connectivity index (χ3n) is 3.78. The predicted octanol–water partition coefficient (Wildman–Crippen LogP) is 3.11. The van der Waals surface area contributed by atoms with E-state index in [2.05, 4.69) is 11.0 Å². The molecule has 4 heteroatoms. The van der Waals surface area contributed by atoms with E-state index in [0.717, 1.165) is 35.6 Å². The lowest BCUT2D eigenvalue weighted by Gasteiger charge is -2.28. The molecule has 1 fully saturated rings. The summed E-state index contributed by atoms with van der Waals surface area (Å²) in [6.45, 7) is 1.97. The third kappa shape index (κ3) is 2.27. The van der Waals surface area contributed by atoms with Crippen LogP contribution in [0.1, 0.15) is 24.8 Å². The van der Waals surface area contributed by atoms with Gasteiger partial charge in [-0.05, 0) is 37.5 Å². The van der Waals surface area contributed by atoms with Crippen LogP contribution in [0.2, 0.25) is 0 Å². The summed E-state index contributed by atoms with van der Waals surface area (Å²) in [7, 11) is 1.65. The molecule has 1 aliphatic heterocycles. The van der Waals surface area contributed by atoms with E-state index in [4.69, 9.17) is 9.72 Å². The molecule has 1 aromatic heterocycles. The monoisotopic (exact) mass is 267 g/mol. The molecule has 0 aliphatic carbocycles. The number of pyridine rings is 1. The number of rotatable bonds is 2. The van der Waals surface area contributed by atoms with Crippen LogP contribution in [0.4, 0.5) is 5.82 Å². The number of hydrogen-bond donors (Lipinski definition) is 0. The van der Waals surface area contributed by atoms with Gasteiger partial charge >= 0.3 is 0 Å². The van der Waals surface area contributed by atoms with Crippen molar-refractivity contribution < 1.29 is 4.74 Å². The zero-order valence-corrected chi connectivity index (χ0v) is 11.6. The molecule has 1 aromatic carbocycles. The number of anilines is 1. The van der Waals surface area contributed by atoms with Crippen LogP contribution in [-0.2, 0) is 0 Å². The van der Waals surface area contributed by atoms with Crippen LogP contribution in [0.5, 0.6) is 5.75 Å². The summed E-state index contributed by atoms with van der Waals surface area (Å²) in [5, 5.41) is 10.3. The molecule has 3 rings (SSSR count). The summed E-state index contributed by atoms with van der Waals surface area (Å²) in [5.74, 6) is 1.60. The minimum atomic E-state index is 0.657. The molecule has 2 aromatic rings. The molecule has 0 atom stereocenters. The van der Waals surface area contributed by atoms with Gasteiger partial charge in [0.15, 0.2) is 0 Å². The maximum atomic E-state index is 9.37. The fourth-order valence-corrected chi connectivity index (χ4v) is 2.69. The Bertz CT molecular complexity index is 669. The SMILES string of the molecule is COc1ccc2cc(C#N)c(N3CCCCC3)nc2c1. The number of hydrogen-bond acceptors (Lipinski definition) is 4. The highest BCUT2D eigenvalue weighted by Gasteiger charge is 2.17. The van der Waals surface area contributed by atoms with E-state index in [1.165, 1.54) is 19.3 Å². The Morgan fingerprint density at radius 3 is 2.70 bits per heavy atom. The number of benzene rings is 1. The number of nitrogens with zero attached hydrogens (tertiary/aromatic N) is 3. The molecule has 0 N–H and O–H groups in total. The van der Waals surface area contributed by atoms with Gasteiger partial charge in [-0.25, -0.2) is 4.98 Å². The second-order valence-corrected chi connectivity index (χ2v) is 5.08. The van der Waals surface area contributed by atoms with Crippen LogP contribution in [0.25, 0.3) is 10.9 Å². The summed E-state index contributed by atoms with van der Waals surface area (Å²) in [6.07, 6.45) is 3.60. The van der Waals surface area contributed by atoms with Gasteiger partial charge in [0.1, 0.15) is 17.6 Å². The Morgan fingerprint density at radius 1 is 1.20 bits per heavy atom. The molecule has 20 heavy (non-hydrogen) atoms. The van der Waals surface area contributed by atoms with Crippen LogP contribution in [0, 0.1) is 11.3 Å². The van der Waals surface area contributed by atoms with Gasteiger partial charge in [-0.15, -0.1) is 0 Å². The van der Waals surface area contributed by atoms with Gasteiger partial charge in [0.05, 0.1) is 18.2 Å². The van der Waals surface area contributed by atoms with Crippen molar-refractivity contribution in [3.8, 4) is 11.8 Å². The first-order chi connectivity index (χ1) is 9.81. The Morgan fingerprint density at radius 2 is 2.00 bits per heavy atom. The standard InChI is InChI=1S/C16H17N3O/c1-20-14-6-5-12-9-13(11-17)16(18-15(12)10-14)19-7-3-2-4-8-19/h5-6,9-10H,2-4,7-8H2,1H3. The van der Waals surface area contributed by atoms with Crippen molar-refractivity contribution in [3.05, 3.63) is 29.8 Å². The van der Waals surface area contributed by atoms with Crippen LogP contribution >= 0.6 is 0 Å². The first-order valence-electron chi connectivity index (χ1n) is 6.95. The average Bonchev–Trinajstić information content (AvgIpc) is 2.53. The Labute approximate surface area is 118 Å². The van der Waals surface area contributed by atoms with E-state index in [1.54, 1.807) is 7.11 Å². The predicted molar refractivity (Wildman–Crippen MR) is 79.1 cm³/mol. The molecule has 0 bridgehead atoms. The van der Waals surface area contributed by atoms with Crippen LogP contribution in [-0.4, -0.2) is 25.2 Å². The van der Waals surface area contributed by atoms with Gasteiger partial charge in [0, 0.05) is 24.5 Å². The molecular formula is C16H17N3O. The van der Waals surface area contributed by atoms with E-state index in [9.17, 15) is 5.26 Å². The van der Waals surface area contributed by atoms with E-state index in [1.807, 2.05) is 24.3 Å². The largest absolute Gasteiger partial charge is 0.497 e.